The fraction of sp³-hybridized carbons (Fsp3) is 0.692. The lowest BCUT2D eigenvalue weighted by Crippen LogP contribution is -2.36. The van der Waals surface area contributed by atoms with Crippen molar-refractivity contribution in [3.8, 4) is 0 Å². The Morgan fingerprint density at radius 2 is 2.17 bits per heavy atom. The summed E-state index contributed by atoms with van der Waals surface area (Å²) in [6, 6.07) is 2.38. The molecule has 0 spiro atoms. The lowest BCUT2D eigenvalue weighted by atomic mass is 10.1. The fourth-order valence-electron chi connectivity index (χ4n) is 1.98. The van der Waals surface area contributed by atoms with Crippen LogP contribution in [0.15, 0.2) is 10.5 Å². The van der Waals surface area contributed by atoms with Crippen molar-refractivity contribution in [1.29, 1.82) is 0 Å². The summed E-state index contributed by atoms with van der Waals surface area (Å²) in [4.78, 5) is 3.70. The van der Waals surface area contributed by atoms with Crippen LogP contribution in [0.4, 0.5) is 0 Å². The fourth-order valence-corrected chi connectivity index (χ4v) is 3.86. The van der Waals surface area contributed by atoms with Gasteiger partial charge in [0.05, 0.1) is 6.04 Å². The van der Waals surface area contributed by atoms with Gasteiger partial charge in [-0.05, 0) is 34.5 Å². The summed E-state index contributed by atoms with van der Waals surface area (Å²) in [6.07, 6.45) is 1.20. The molecule has 2 atom stereocenters. The average Bonchev–Trinajstić information content (AvgIpc) is 2.68. The Hall–Kier alpha value is 0.390. The van der Waals surface area contributed by atoms with Crippen LogP contribution >= 0.6 is 38.9 Å². The number of hydrogen-bond donors (Lipinski definition) is 1. The predicted molar refractivity (Wildman–Crippen MR) is 85.5 cm³/mol. The summed E-state index contributed by atoms with van der Waals surface area (Å²) in [5, 5.41) is 0. The molecule has 2 unspecified atom stereocenters. The third kappa shape index (κ3) is 4.20. The molecule has 1 aromatic heterocycles. The van der Waals surface area contributed by atoms with Gasteiger partial charge in [0.1, 0.15) is 4.34 Å². The van der Waals surface area contributed by atoms with Crippen LogP contribution in [0.2, 0.25) is 4.34 Å². The molecule has 5 heteroatoms. The Labute approximate surface area is 128 Å². The van der Waals surface area contributed by atoms with E-state index in [2.05, 4.69) is 47.7 Å². The standard InChI is InChI=1S/C13H22BrClN2S/c1-4-9(3)8-17(5-2)11(7-16)12-6-10(14)13(15)18-12/h6,9,11H,4-5,7-8,16H2,1-3H3. The molecule has 0 saturated heterocycles. The minimum atomic E-state index is 0.276. The average molecular weight is 354 g/mol. The molecule has 1 rings (SSSR count). The van der Waals surface area contributed by atoms with Gasteiger partial charge in [-0.3, -0.25) is 4.90 Å². The zero-order valence-corrected chi connectivity index (χ0v) is 14.4. The van der Waals surface area contributed by atoms with E-state index in [1.165, 1.54) is 11.3 Å². The highest BCUT2D eigenvalue weighted by Crippen LogP contribution is 2.37. The van der Waals surface area contributed by atoms with Gasteiger partial charge < -0.3 is 5.73 Å². The predicted octanol–water partition coefficient (Wildman–Crippen LogP) is 4.53. The Bertz CT molecular complexity index is 350. The third-order valence-corrected chi connectivity index (χ3v) is 5.88. The Morgan fingerprint density at radius 1 is 1.50 bits per heavy atom. The van der Waals surface area contributed by atoms with E-state index >= 15 is 0 Å². The van der Waals surface area contributed by atoms with E-state index in [4.69, 9.17) is 17.3 Å². The van der Waals surface area contributed by atoms with Crippen molar-refractivity contribution in [2.24, 2.45) is 11.7 Å². The molecule has 2 N–H and O–H groups in total. The maximum Gasteiger partial charge on any atom is 0.107 e. The van der Waals surface area contributed by atoms with Crippen molar-refractivity contribution in [1.82, 2.24) is 4.90 Å². The Balaban J connectivity index is 2.85. The van der Waals surface area contributed by atoms with Crippen LogP contribution in [0.5, 0.6) is 0 Å². The number of nitrogens with zero attached hydrogens (tertiary/aromatic N) is 1. The molecular weight excluding hydrogens is 332 g/mol. The second-order valence-electron chi connectivity index (χ2n) is 4.62. The van der Waals surface area contributed by atoms with E-state index in [0.717, 1.165) is 21.9 Å². The number of halogens is 2. The van der Waals surface area contributed by atoms with E-state index in [1.807, 2.05) is 0 Å². The first-order chi connectivity index (χ1) is 8.53. The summed E-state index contributed by atoms with van der Waals surface area (Å²) in [5.41, 5.74) is 5.96. The van der Waals surface area contributed by atoms with Crippen molar-refractivity contribution in [3.63, 3.8) is 0 Å². The maximum absolute atomic E-state index is 6.12. The van der Waals surface area contributed by atoms with Crippen molar-refractivity contribution in [3.05, 3.63) is 19.8 Å². The van der Waals surface area contributed by atoms with Gasteiger partial charge in [0.25, 0.3) is 0 Å². The highest BCUT2D eigenvalue weighted by atomic mass is 79.9. The summed E-state index contributed by atoms with van der Waals surface area (Å²) < 4.78 is 1.78. The Morgan fingerprint density at radius 3 is 2.56 bits per heavy atom. The SMILES string of the molecule is CCC(C)CN(CC)C(CN)c1cc(Br)c(Cl)s1. The topological polar surface area (TPSA) is 29.3 Å². The van der Waals surface area contributed by atoms with Gasteiger partial charge in [-0.1, -0.05) is 38.8 Å². The van der Waals surface area contributed by atoms with Crippen molar-refractivity contribution in [2.45, 2.75) is 33.2 Å². The molecule has 0 saturated carbocycles. The van der Waals surface area contributed by atoms with E-state index in [-0.39, 0.29) is 6.04 Å². The quantitative estimate of drug-likeness (QED) is 0.780. The van der Waals surface area contributed by atoms with Gasteiger partial charge in [-0.15, -0.1) is 11.3 Å². The maximum atomic E-state index is 6.12. The van der Waals surface area contributed by atoms with Crippen LogP contribution in [-0.2, 0) is 0 Å². The molecule has 0 aliphatic carbocycles. The molecule has 0 aliphatic rings. The van der Waals surface area contributed by atoms with Crippen LogP contribution < -0.4 is 5.73 Å². The van der Waals surface area contributed by atoms with Gasteiger partial charge in [0, 0.05) is 22.4 Å². The van der Waals surface area contributed by atoms with E-state index in [9.17, 15) is 0 Å². The van der Waals surface area contributed by atoms with Gasteiger partial charge in [-0.2, -0.15) is 0 Å². The number of hydrogen-bond acceptors (Lipinski definition) is 3. The summed E-state index contributed by atoms with van der Waals surface area (Å²) in [6.45, 7) is 9.44. The molecule has 1 heterocycles. The summed E-state index contributed by atoms with van der Waals surface area (Å²) >= 11 is 11.2. The molecule has 0 fully saturated rings. The smallest absolute Gasteiger partial charge is 0.107 e. The van der Waals surface area contributed by atoms with Gasteiger partial charge in [0.2, 0.25) is 0 Å². The molecule has 0 aromatic carbocycles. The van der Waals surface area contributed by atoms with Crippen LogP contribution in [0.1, 0.15) is 38.1 Å². The third-order valence-electron chi connectivity index (χ3n) is 3.31. The molecule has 1 aromatic rings. The molecule has 0 radical (unpaired) electrons. The summed E-state index contributed by atoms with van der Waals surface area (Å²) in [5.74, 6) is 0.692. The number of rotatable bonds is 7. The second kappa shape index (κ2) is 7.85. The Kier molecular flexibility index (Phi) is 7.17. The second-order valence-corrected chi connectivity index (χ2v) is 7.16. The minimum absolute atomic E-state index is 0.276. The molecule has 104 valence electrons. The van der Waals surface area contributed by atoms with Crippen LogP contribution in [-0.4, -0.2) is 24.5 Å². The molecule has 0 aliphatic heterocycles. The number of likely N-dealkylation sites (N-methyl/N-ethyl adjacent to an activating group) is 1. The van der Waals surface area contributed by atoms with Crippen molar-refractivity contribution < 1.29 is 0 Å². The van der Waals surface area contributed by atoms with Gasteiger partial charge >= 0.3 is 0 Å². The van der Waals surface area contributed by atoms with Crippen molar-refractivity contribution in [2.75, 3.05) is 19.6 Å². The van der Waals surface area contributed by atoms with Gasteiger partial charge in [0.15, 0.2) is 0 Å². The summed E-state index contributed by atoms with van der Waals surface area (Å²) in [7, 11) is 0. The van der Waals surface area contributed by atoms with E-state index in [0.29, 0.717) is 12.5 Å². The van der Waals surface area contributed by atoms with Crippen molar-refractivity contribution >= 4 is 38.9 Å². The largest absolute Gasteiger partial charge is 0.329 e. The molecule has 0 bridgehead atoms. The highest BCUT2D eigenvalue weighted by molar-refractivity contribution is 9.10. The van der Waals surface area contributed by atoms with E-state index < -0.39 is 0 Å². The van der Waals surface area contributed by atoms with Crippen LogP contribution in [0.3, 0.4) is 0 Å². The first kappa shape index (κ1) is 16.4. The first-order valence-electron chi connectivity index (χ1n) is 6.42. The first-order valence-corrected chi connectivity index (χ1v) is 8.40. The monoisotopic (exact) mass is 352 g/mol. The van der Waals surface area contributed by atoms with Crippen LogP contribution in [0.25, 0.3) is 0 Å². The minimum Gasteiger partial charge on any atom is -0.329 e. The molecule has 0 amide bonds. The number of nitrogens with two attached hydrogens (primary N) is 1. The zero-order valence-electron chi connectivity index (χ0n) is 11.2. The van der Waals surface area contributed by atoms with Crippen LogP contribution in [0, 0.1) is 5.92 Å². The lowest BCUT2D eigenvalue weighted by Gasteiger charge is -2.31. The zero-order chi connectivity index (χ0) is 13.7. The molecule has 18 heavy (non-hydrogen) atoms. The normalized spacial score (nSPS) is 15.1. The lowest BCUT2D eigenvalue weighted by molar-refractivity contribution is 0.185. The highest BCUT2D eigenvalue weighted by Gasteiger charge is 2.21. The molecule has 2 nitrogen and oxygen atoms in total. The molecular formula is C13H22BrClN2S. The van der Waals surface area contributed by atoms with E-state index in [1.54, 1.807) is 11.3 Å². The van der Waals surface area contributed by atoms with Gasteiger partial charge in [-0.25, -0.2) is 0 Å². The number of thiophene rings is 1.